The number of carboxylic acids is 3. The Morgan fingerprint density at radius 3 is 1.23 bits per heavy atom. The van der Waals surface area contributed by atoms with Crippen molar-refractivity contribution in [3.63, 3.8) is 0 Å². The molecule has 0 bridgehead atoms. The van der Waals surface area contributed by atoms with Crippen molar-refractivity contribution in [1.29, 1.82) is 0 Å². The van der Waals surface area contributed by atoms with Gasteiger partial charge in [-0.05, 0) is 0 Å². The Morgan fingerprint density at radius 2 is 1.15 bits per heavy atom. The van der Waals surface area contributed by atoms with Crippen LogP contribution in [0.2, 0.25) is 0 Å². The molecule has 0 aromatic carbocycles. The highest BCUT2D eigenvalue weighted by molar-refractivity contribution is 5.89. The number of aliphatic carboxylic acids is 3. The Bertz CT molecular complexity index is 201. The molecule has 0 saturated heterocycles. The normalized spacial score (nSPS) is 8.69. The summed E-state index contributed by atoms with van der Waals surface area (Å²) in [5.41, 5.74) is 0. The molecule has 0 aromatic rings. The van der Waals surface area contributed by atoms with E-state index in [1.54, 1.807) is 0 Å². The minimum absolute atomic E-state index is 0.558. The largest absolute Gasteiger partial charge is 0.480 e. The average molecular weight is 192 g/mol. The second-order valence-corrected chi connectivity index (χ2v) is 1.56. The van der Waals surface area contributed by atoms with E-state index in [9.17, 15) is 9.59 Å². The van der Waals surface area contributed by atoms with Crippen LogP contribution >= 0.6 is 0 Å². The van der Waals surface area contributed by atoms with E-state index < -0.39 is 24.5 Å². The molecular weight excluding hydrogens is 184 g/mol. The van der Waals surface area contributed by atoms with Crippen LogP contribution in [0, 0.1) is 0 Å². The number of hydrogen-bond acceptors (Lipinski definition) is 4. The van der Waals surface area contributed by atoms with Gasteiger partial charge in [0.1, 0.15) is 6.61 Å². The lowest BCUT2D eigenvalue weighted by atomic mass is 10.5. The van der Waals surface area contributed by atoms with E-state index in [0.29, 0.717) is 12.2 Å². The molecule has 0 heterocycles. The molecule has 74 valence electrons. The molecule has 0 radical (unpaired) electrons. The maximum atomic E-state index is 9.55. The zero-order chi connectivity index (χ0) is 10.9. The van der Waals surface area contributed by atoms with E-state index in [1.807, 2.05) is 0 Å². The summed E-state index contributed by atoms with van der Waals surface area (Å²) < 4.78 is 0. The smallest absolute Gasteiger partial charge is 0.329 e. The third-order valence-electron chi connectivity index (χ3n) is 0.504. The monoisotopic (exact) mass is 192 g/mol. The number of rotatable bonds is 3. The summed E-state index contributed by atoms with van der Waals surface area (Å²) in [5.74, 6) is -3.70. The van der Waals surface area contributed by atoms with E-state index in [-0.39, 0.29) is 0 Å². The SMILES string of the molecule is O=C(O)/C=C\C(=O)O.O=C(O)CO. The highest BCUT2D eigenvalue weighted by Crippen LogP contribution is 1.70. The van der Waals surface area contributed by atoms with Crippen LogP contribution in [0.4, 0.5) is 0 Å². The predicted octanol–water partition coefficient (Wildman–Crippen LogP) is -1.22. The van der Waals surface area contributed by atoms with Crippen molar-refractivity contribution in [1.82, 2.24) is 0 Å². The number of hydrogen-bond donors (Lipinski definition) is 4. The predicted molar refractivity (Wildman–Crippen MR) is 39.1 cm³/mol. The highest BCUT2D eigenvalue weighted by atomic mass is 16.4. The number of carboxylic acid groups (broad SMARTS) is 3. The van der Waals surface area contributed by atoms with Gasteiger partial charge < -0.3 is 20.4 Å². The Hall–Kier alpha value is -1.89. The lowest BCUT2D eigenvalue weighted by Gasteiger charge is -1.74. The van der Waals surface area contributed by atoms with Crippen molar-refractivity contribution < 1.29 is 34.8 Å². The molecule has 0 aliphatic rings. The van der Waals surface area contributed by atoms with Crippen molar-refractivity contribution >= 4 is 17.9 Å². The molecule has 0 aliphatic carbocycles. The molecule has 4 N–H and O–H groups in total. The third-order valence-corrected chi connectivity index (χ3v) is 0.504. The minimum Gasteiger partial charge on any atom is -0.480 e. The van der Waals surface area contributed by atoms with Gasteiger partial charge in [-0.15, -0.1) is 0 Å². The molecule has 13 heavy (non-hydrogen) atoms. The summed E-state index contributed by atoms with van der Waals surface area (Å²) in [7, 11) is 0. The van der Waals surface area contributed by atoms with Crippen LogP contribution in [0.1, 0.15) is 0 Å². The molecule has 0 aromatic heterocycles. The molecule has 0 aliphatic heterocycles. The fourth-order valence-corrected chi connectivity index (χ4v) is 0.143. The van der Waals surface area contributed by atoms with Crippen LogP contribution in [0.25, 0.3) is 0 Å². The van der Waals surface area contributed by atoms with Crippen molar-refractivity contribution in [3.05, 3.63) is 12.2 Å². The van der Waals surface area contributed by atoms with Gasteiger partial charge in [-0.1, -0.05) is 0 Å². The van der Waals surface area contributed by atoms with Gasteiger partial charge in [0.2, 0.25) is 0 Å². The quantitative estimate of drug-likeness (QED) is 0.411. The van der Waals surface area contributed by atoms with Gasteiger partial charge in [-0.3, -0.25) is 0 Å². The van der Waals surface area contributed by atoms with Gasteiger partial charge in [-0.2, -0.15) is 0 Å². The number of aliphatic hydroxyl groups is 1. The van der Waals surface area contributed by atoms with E-state index in [1.165, 1.54) is 0 Å². The molecule has 0 atom stereocenters. The lowest BCUT2D eigenvalue weighted by Crippen LogP contribution is -1.98. The van der Waals surface area contributed by atoms with Crippen molar-refractivity contribution in [2.75, 3.05) is 6.61 Å². The van der Waals surface area contributed by atoms with Gasteiger partial charge in [0.15, 0.2) is 0 Å². The van der Waals surface area contributed by atoms with Gasteiger partial charge in [-0.25, -0.2) is 14.4 Å². The maximum absolute atomic E-state index is 9.55. The Balaban J connectivity index is 0. The topological polar surface area (TPSA) is 132 Å². The zero-order valence-electron chi connectivity index (χ0n) is 6.38. The summed E-state index contributed by atoms with van der Waals surface area (Å²) in [4.78, 5) is 28.2. The van der Waals surface area contributed by atoms with Gasteiger partial charge in [0, 0.05) is 12.2 Å². The van der Waals surface area contributed by atoms with E-state index in [2.05, 4.69) is 0 Å². The summed E-state index contributed by atoms with van der Waals surface area (Å²) in [6.07, 6.45) is 1.12. The first-order valence-electron chi connectivity index (χ1n) is 2.86. The Labute approximate surface area is 72.5 Å². The van der Waals surface area contributed by atoms with Gasteiger partial charge in [0.05, 0.1) is 0 Å². The van der Waals surface area contributed by atoms with Crippen LogP contribution in [0.5, 0.6) is 0 Å². The fourth-order valence-electron chi connectivity index (χ4n) is 0.143. The Morgan fingerprint density at radius 1 is 0.923 bits per heavy atom. The Kier molecular flexibility index (Phi) is 8.64. The van der Waals surface area contributed by atoms with Crippen LogP contribution in [0.15, 0.2) is 12.2 Å². The second kappa shape index (κ2) is 8.21. The fraction of sp³-hybridized carbons (Fsp3) is 0.167. The van der Waals surface area contributed by atoms with E-state index in [0.717, 1.165) is 0 Å². The summed E-state index contributed by atoms with van der Waals surface area (Å²) in [6, 6.07) is 0. The summed E-state index contributed by atoms with van der Waals surface area (Å²) >= 11 is 0. The van der Waals surface area contributed by atoms with Crippen molar-refractivity contribution in [3.8, 4) is 0 Å². The molecule has 0 fully saturated rings. The standard InChI is InChI=1S/C4H4O4.C2H4O3/c5-3(6)1-2-4(7)8;3-1-2(4)5/h1-2H,(H,5,6)(H,7,8);3H,1H2,(H,4,5)/b2-1-;. The third kappa shape index (κ3) is 25.5. The molecule has 7 nitrogen and oxygen atoms in total. The number of aliphatic hydroxyl groups excluding tert-OH is 1. The summed E-state index contributed by atoms with van der Waals surface area (Å²) in [5, 5.41) is 30.6. The van der Waals surface area contributed by atoms with Crippen LogP contribution in [-0.4, -0.2) is 44.9 Å². The highest BCUT2D eigenvalue weighted by Gasteiger charge is 1.88. The molecule has 7 heteroatoms. The first kappa shape index (κ1) is 13.7. The minimum atomic E-state index is -1.26. The molecule has 0 rings (SSSR count). The molecule has 0 amide bonds. The first-order chi connectivity index (χ1) is 5.90. The average Bonchev–Trinajstić information content (AvgIpc) is 2.02. The van der Waals surface area contributed by atoms with Crippen LogP contribution < -0.4 is 0 Å². The molecular formula is C6H8O7. The van der Waals surface area contributed by atoms with E-state index in [4.69, 9.17) is 25.2 Å². The lowest BCUT2D eigenvalue weighted by molar-refractivity contribution is -0.140. The van der Waals surface area contributed by atoms with Crippen LogP contribution in [-0.2, 0) is 14.4 Å². The first-order valence-corrected chi connectivity index (χ1v) is 2.86. The van der Waals surface area contributed by atoms with Gasteiger partial charge in [0.25, 0.3) is 0 Å². The van der Waals surface area contributed by atoms with Crippen molar-refractivity contribution in [2.45, 2.75) is 0 Å². The molecule has 0 spiro atoms. The van der Waals surface area contributed by atoms with Crippen LogP contribution in [0.3, 0.4) is 0 Å². The zero-order valence-corrected chi connectivity index (χ0v) is 6.38. The second-order valence-electron chi connectivity index (χ2n) is 1.56. The van der Waals surface area contributed by atoms with E-state index >= 15 is 0 Å². The molecule has 0 unspecified atom stereocenters. The number of carbonyl (C=O) groups is 3. The molecule has 0 saturated carbocycles. The summed E-state index contributed by atoms with van der Waals surface area (Å²) in [6.45, 7) is -0.778. The van der Waals surface area contributed by atoms with Crippen molar-refractivity contribution in [2.24, 2.45) is 0 Å². The van der Waals surface area contributed by atoms with Gasteiger partial charge >= 0.3 is 17.9 Å². The maximum Gasteiger partial charge on any atom is 0.329 e.